The van der Waals surface area contributed by atoms with Gasteiger partial charge in [-0.25, -0.2) is 19.3 Å². The summed E-state index contributed by atoms with van der Waals surface area (Å²) < 4.78 is 51.2. The molecule has 0 saturated heterocycles. The molecule has 0 spiro atoms. The first-order valence-corrected chi connectivity index (χ1v) is 13.4. The minimum atomic E-state index is -4.09. The Kier molecular flexibility index (Phi) is 7.09. The van der Waals surface area contributed by atoms with E-state index >= 15 is 4.39 Å². The summed E-state index contributed by atoms with van der Waals surface area (Å²) in [6.45, 7) is 1.95. The number of nitrogens with two attached hydrogens (primary N) is 1. The van der Waals surface area contributed by atoms with Crippen molar-refractivity contribution in [1.29, 1.82) is 0 Å². The van der Waals surface area contributed by atoms with Gasteiger partial charge in [0.2, 0.25) is 11.8 Å². The summed E-state index contributed by atoms with van der Waals surface area (Å²) in [5, 5.41) is 0.828. The van der Waals surface area contributed by atoms with Gasteiger partial charge in [-0.3, -0.25) is 4.72 Å². The summed E-state index contributed by atoms with van der Waals surface area (Å²) in [6.07, 6.45) is 3.11. The SMILES string of the molecule is Cc1ccc2c(NS(=O)(=O)N(C)Cc3ccccc3)c(F)ccc2c1Oc1ncccc1-c1ccnc(N)n1. The third kappa shape index (κ3) is 5.49. The van der Waals surface area contributed by atoms with Crippen molar-refractivity contribution in [3.63, 3.8) is 0 Å². The Morgan fingerprint density at radius 2 is 1.72 bits per heavy atom. The van der Waals surface area contributed by atoms with E-state index < -0.39 is 16.0 Å². The van der Waals surface area contributed by atoms with Crippen LogP contribution in [0.25, 0.3) is 22.0 Å². The molecule has 5 aromatic rings. The van der Waals surface area contributed by atoms with Crippen LogP contribution in [-0.4, -0.2) is 34.7 Å². The zero-order valence-corrected chi connectivity index (χ0v) is 22.0. The molecule has 3 aromatic carbocycles. The minimum Gasteiger partial charge on any atom is -0.437 e. The molecule has 0 atom stereocenters. The number of hydrogen-bond donors (Lipinski definition) is 2. The Bertz CT molecular complexity index is 1770. The van der Waals surface area contributed by atoms with Gasteiger partial charge in [-0.05, 0) is 48.4 Å². The second-order valence-corrected chi connectivity index (χ2v) is 10.6. The van der Waals surface area contributed by atoms with Crippen molar-refractivity contribution in [1.82, 2.24) is 19.3 Å². The maximum Gasteiger partial charge on any atom is 0.301 e. The molecule has 0 aliphatic carbocycles. The van der Waals surface area contributed by atoms with Crippen molar-refractivity contribution >= 4 is 32.6 Å². The van der Waals surface area contributed by atoms with Gasteiger partial charge < -0.3 is 10.5 Å². The molecule has 0 aliphatic heterocycles. The van der Waals surface area contributed by atoms with Gasteiger partial charge >= 0.3 is 10.2 Å². The van der Waals surface area contributed by atoms with Crippen molar-refractivity contribution in [3.05, 3.63) is 102 Å². The zero-order chi connectivity index (χ0) is 27.6. The average molecular weight is 545 g/mol. The van der Waals surface area contributed by atoms with Gasteiger partial charge in [-0.2, -0.15) is 12.7 Å². The Labute approximate surface area is 225 Å². The summed E-state index contributed by atoms with van der Waals surface area (Å²) in [6, 6.07) is 20.5. The summed E-state index contributed by atoms with van der Waals surface area (Å²) in [7, 11) is -2.66. The molecule has 0 saturated carbocycles. The molecule has 0 amide bonds. The number of anilines is 2. The highest BCUT2D eigenvalue weighted by Crippen LogP contribution is 2.39. The van der Waals surface area contributed by atoms with Gasteiger partial charge in [0.05, 0.1) is 16.9 Å². The molecule has 0 aliphatic rings. The number of aryl methyl sites for hydroxylation is 1. The van der Waals surface area contributed by atoms with Gasteiger partial charge in [0.25, 0.3) is 0 Å². The van der Waals surface area contributed by atoms with Gasteiger partial charge in [0.1, 0.15) is 11.6 Å². The quantitative estimate of drug-likeness (QED) is 0.272. The van der Waals surface area contributed by atoms with Crippen molar-refractivity contribution in [2.45, 2.75) is 13.5 Å². The van der Waals surface area contributed by atoms with Crippen LogP contribution >= 0.6 is 0 Å². The lowest BCUT2D eigenvalue weighted by molar-refractivity contribution is 0.466. The molecule has 9 nitrogen and oxygen atoms in total. The number of benzene rings is 3. The van der Waals surface area contributed by atoms with Crippen LogP contribution in [0, 0.1) is 12.7 Å². The summed E-state index contributed by atoms with van der Waals surface area (Å²) in [5.41, 5.74) is 8.22. The minimum absolute atomic E-state index is 0.105. The lowest BCUT2D eigenvalue weighted by Gasteiger charge is -2.20. The Morgan fingerprint density at radius 3 is 2.49 bits per heavy atom. The highest BCUT2D eigenvalue weighted by molar-refractivity contribution is 7.90. The second-order valence-electron chi connectivity index (χ2n) is 8.84. The van der Waals surface area contributed by atoms with Gasteiger partial charge in [-0.15, -0.1) is 0 Å². The molecule has 198 valence electrons. The van der Waals surface area contributed by atoms with E-state index in [0.29, 0.717) is 27.8 Å². The molecule has 11 heteroatoms. The molecule has 2 heterocycles. The molecular weight excluding hydrogens is 519 g/mol. The third-order valence-corrected chi connectivity index (χ3v) is 7.52. The fourth-order valence-electron chi connectivity index (χ4n) is 4.12. The van der Waals surface area contributed by atoms with Crippen LogP contribution in [-0.2, 0) is 16.8 Å². The molecular formula is C28H25FN6O3S. The number of nitrogen functional groups attached to an aromatic ring is 1. The number of halogens is 1. The molecule has 3 N–H and O–H groups in total. The normalized spacial score (nSPS) is 11.6. The van der Waals surface area contributed by atoms with E-state index in [1.165, 1.54) is 19.3 Å². The number of ether oxygens (including phenoxy) is 1. The van der Waals surface area contributed by atoms with Crippen molar-refractivity contribution in [2.24, 2.45) is 0 Å². The number of pyridine rings is 1. The number of nitrogens with zero attached hydrogens (tertiary/aromatic N) is 4. The maximum atomic E-state index is 15.1. The summed E-state index contributed by atoms with van der Waals surface area (Å²) >= 11 is 0. The van der Waals surface area contributed by atoms with Crippen molar-refractivity contribution in [2.75, 3.05) is 17.5 Å². The summed E-state index contributed by atoms with van der Waals surface area (Å²) in [4.78, 5) is 12.6. The highest BCUT2D eigenvalue weighted by Gasteiger charge is 2.23. The number of aromatic nitrogens is 3. The molecule has 2 aromatic heterocycles. The van der Waals surface area contributed by atoms with E-state index in [9.17, 15) is 8.42 Å². The predicted octanol–water partition coefficient (Wildman–Crippen LogP) is 5.30. The Hall–Kier alpha value is -4.61. The first-order valence-electron chi connectivity index (χ1n) is 11.9. The largest absolute Gasteiger partial charge is 0.437 e. The molecule has 39 heavy (non-hydrogen) atoms. The maximum absolute atomic E-state index is 15.1. The van der Waals surface area contributed by atoms with Gasteiger partial charge in [-0.1, -0.05) is 42.5 Å². The van der Waals surface area contributed by atoms with Crippen LogP contribution in [0.2, 0.25) is 0 Å². The molecule has 0 radical (unpaired) electrons. The van der Waals surface area contributed by atoms with Crippen LogP contribution in [0.3, 0.4) is 0 Å². The van der Waals surface area contributed by atoms with Gasteiger partial charge in [0, 0.05) is 36.8 Å². The fourth-order valence-corrected chi connectivity index (χ4v) is 5.06. The van der Waals surface area contributed by atoms with Crippen molar-refractivity contribution in [3.8, 4) is 22.9 Å². The van der Waals surface area contributed by atoms with E-state index in [1.807, 2.05) is 37.3 Å². The van der Waals surface area contributed by atoms with E-state index in [2.05, 4.69) is 19.7 Å². The summed E-state index contributed by atoms with van der Waals surface area (Å²) in [5.74, 6) is 0.0325. The van der Waals surface area contributed by atoms with Crippen LogP contribution in [0.5, 0.6) is 11.6 Å². The van der Waals surface area contributed by atoms with E-state index in [0.717, 1.165) is 15.4 Å². The number of nitrogens with one attached hydrogen (secondary N) is 1. The monoisotopic (exact) mass is 544 g/mol. The smallest absolute Gasteiger partial charge is 0.301 e. The van der Waals surface area contributed by atoms with Crippen LogP contribution < -0.4 is 15.2 Å². The first-order chi connectivity index (χ1) is 18.7. The van der Waals surface area contributed by atoms with Crippen molar-refractivity contribution < 1.29 is 17.5 Å². The lowest BCUT2D eigenvalue weighted by Crippen LogP contribution is -2.32. The molecule has 0 fully saturated rings. The number of fused-ring (bicyclic) bond motifs is 1. The van der Waals surface area contributed by atoms with Gasteiger partial charge in [0.15, 0.2) is 0 Å². The van der Waals surface area contributed by atoms with Crippen LogP contribution in [0.4, 0.5) is 16.0 Å². The topological polar surface area (TPSA) is 123 Å². The van der Waals surface area contributed by atoms with E-state index in [1.54, 1.807) is 42.6 Å². The highest BCUT2D eigenvalue weighted by atomic mass is 32.2. The number of hydrogen-bond acceptors (Lipinski definition) is 7. The zero-order valence-electron chi connectivity index (χ0n) is 21.2. The Balaban J connectivity index is 1.53. The van der Waals surface area contributed by atoms with E-state index in [-0.39, 0.29) is 24.1 Å². The van der Waals surface area contributed by atoms with E-state index in [4.69, 9.17) is 10.5 Å². The number of rotatable bonds is 8. The van der Waals surface area contributed by atoms with Crippen LogP contribution in [0.1, 0.15) is 11.1 Å². The van der Waals surface area contributed by atoms with Crippen LogP contribution in [0.15, 0.2) is 85.2 Å². The lowest BCUT2D eigenvalue weighted by atomic mass is 10.0. The fraction of sp³-hybridized carbons (Fsp3) is 0.107. The Morgan fingerprint density at radius 1 is 0.949 bits per heavy atom. The molecule has 0 unspecified atom stereocenters. The molecule has 0 bridgehead atoms. The average Bonchev–Trinajstić information content (AvgIpc) is 2.92. The first kappa shape index (κ1) is 26.0. The standard InChI is InChI=1S/C28H25FN6O3S/c1-18-10-11-20-21(26(18)38-27-22(9-6-15-31-27)24-14-16-32-28(30)33-24)12-13-23(29)25(20)34-39(36,37)35(2)17-19-7-4-3-5-8-19/h3-16,34H,17H2,1-2H3,(H2,30,32,33). The third-order valence-electron chi connectivity index (χ3n) is 6.11. The second kappa shape index (κ2) is 10.6. The predicted molar refractivity (Wildman–Crippen MR) is 149 cm³/mol. The molecule has 5 rings (SSSR count).